The molecular weight excluding hydrogens is 220 g/mol. The molecule has 1 aliphatic rings. The Bertz CT molecular complexity index is 258. The van der Waals surface area contributed by atoms with Crippen molar-refractivity contribution in [2.45, 2.75) is 25.7 Å². The molecule has 0 aliphatic carbocycles. The van der Waals surface area contributed by atoms with Gasteiger partial charge in [-0.15, -0.1) is 0 Å². The van der Waals surface area contributed by atoms with Gasteiger partial charge in [-0.25, -0.2) is 0 Å². The lowest BCUT2D eigenvalue weighted by Gasteiger charge is -2.30. The molecule has 0 radical (unpaired) electrons. The van der Waals surface area contributed by atoms with E-state index < -0.39 is 0 Å². The molecule has 1 saturated heterocycles. The van der Waals surface area contributed by atoms with Crippen LogP contribution in [0, 0.1) is 5.92 Å². The first kappa shape index (κ1) is 14.0. The average Bonchev–Trinajstić information content (AvgIpc) is 2.38. The maximum atomic E-state index is 11.4. The van der Waals surface area contributed by atoms with Crippen LogP contribution in [0.25, 0.3) is 0 Å². The largest absolute Gasteiger partial charge is 0.469 e. The maximum Gasteiger partial charge on any atom is 0.305 e. The number of amides is 1. The van der Waals surface area contributed by atoms with Gasteiger partial charge in [-0.05, 0) is 38.9 Å². The topological polar surface area (TPSA) is 58.6 Å². The Kier molecular flexibility index (Phi) is 5.97. The van der Waals surface area contributed by atoms with Gasteiger partial charge in [-0.3, -0.25) is 9.59 Å². The van der Waals surface area contributed by atoms with E-state index in [-0.39, 0.29) is 17.8 Å². The van der Waals surface area contributed by atoms with Crippen LogP contribution in [0.1, 0.15) is 25.7 Å². The number of rotatable bonds is 5. The van der Waals surface area contributed by atoms with Crippen LogP contribution in [-0.4, -0.2) is 50.6 Å². The molecule has 1 rings (SSSR count). The van der Waals surface area contributed by atoms with Crippen molar-refractivity contribution in [1.82, 2.24) is 10.2 Å². The highest BCUT2D eigenvalue weighted by Crippen LogP contribution is 2.17. The van der Waals surface area contributed by atoms with Crippen molar-refractivity contribution in [3.63, 3.8) is 0 Å². The minimum atomic E-state index is -0.148. The van der Waals surface area contributed by atoms with E-state index >= 15 is 0 Å². The molecule has 0 aromatic carbocycles. The van der Waals surface area contributed by atoms with Crippen molar-refractivity contribution >= 4 is 11.9 Å². The van der Waals surface area contributed by atoms with Crippen molar-refractivity contribution in [2.75, 3.05) is 33.8 Å². The molecule has 5 heteroatoms. The fourth-order valence-electron chi connectivity index (χ4n) is 2.17. The van der Waals surface area contributed by atoms with E-state index in [1.54, 1.807) is 7.05 Å². The first-order valence-electron chi connectivity index (χ1n) is 6.18. The van der Waals surface area contributed by atoms with Gasteiger partial charge in [0.15, 0.2) is 0 Å². The Labute approximate surface area is 102 Å². The van der Waals surface area contributed by atoms with E-state index in [2.05, 4.69) is 15.0 Å². The Morgan fingerprint density at radius 2 is 2.00 bits per heavy atom. The van der Waals surface area contributed by atoms with Crippen LogP contribution >= 0.6 is 0 Å². The van der Waals surface area contributed by atoms with Gasteiger partial charge in [0.1, 0.15) is 0 Å². The van der Waals surface area contributed by atoms with Crippen LogP contribution in [0.3, 0.4) is 0 Å². The highest BCUT2D eigenvalue weighted by Gasteiger charge is 2.23. The van der Waals surface area contributed by atoms with Crippen LogP contribution in [0.2, 0.25) is 0 Å². The van der Waals surface area contributed by atoms with E-state index in [0.717, 1.165) is 38.9 Å². The van der Waals surface area contributed by atoms with Gasteiger partial charge < -0.3 is 15.0 Å². The van der Waals surface area contributed by atoms with Crippen LogP contribution in [-0.2, 0) is 14.3 Å². The van der Waals surface area contributed by atoms with Gasteiger partial charge >= 0.3 is 5.97 Å². The number of carbonyl (C=O) groups excluding carboxylic acids is 2. The number of esters is 1. The van der Waals surface area contributed by atoms with Gasteiger partial charge in [0.2, 0.25) is 5.91 Å². The van der Waals surface area contributed by atoms with Gasteiger partial charge in [0, 0.05) is 19.4 Å². The number of ether oxygens (including phenoxy) is 1. The third kappa shape index (κ3) is 4.73. The quantitative estimate of drug-likeness (QED) is 0.709. The van der Waals surface area contributed by atoms with Crippen molar-refractivity contribution < 1.29 is 14.3 Å². The monoisotopic (exact) mass is 242 g/mol. The minimum absolute atomic E-state index is 0.148. The lowest BCUT2D eigenvalue weighted by atomic mass is 9.96. The second-order valence-corrected chi connectivity index (χ2v) is 4.41. The number of methoxy groups -OCH3 is 1. The van der Waals surface area contributed by atoms with Crippen LogP contribution < -0.4 is 5.32 Å². The summed E-state index contributed by atoms with van der Waals surface area (Å²) in [6.07, 6.45) is 3.14. The molecule has 1 aliphatic heterocycles. The van der Waals surface area contributed by atoms with Crippen molar-refractivity contribution in [3.05, 3.63) is 0 Å². The molecule has 0 unspecified atom stereocenters. The summed E-state index contributed by atoms with van der Waals surface area (Å²) < 4.78 is 4.59. The van der Waals surface area contributed by atoms with E-state index in [1.165, 1.54) is 7.11 Å². The molecular formula is C12H22N2O3. The fourth-order valence-corrected chi connectivity index (χ4v) is 2.17. The Morgan fingerprint density at radius 3 is 2.53 bits per heavy atom. The van der Waals surface area contributed by atoms with Crippen LogP contribution in [0.4, 0.5) is 0 Å². The van der Waals surface area contributed by atoms with E-state index in [1.807, 2.05) is 0 Å². The molecule has 0 aromatic heterocycles. The summed E-state index contributed by atoms with van der Waals surface area (Å²) in [5, 5.41) is 2.70. The summed E-state index contributed by atoms with van der Waals surface area (Å²) in [4.78, 5) is 24.7. The molecule has 0 saturated carbocycles. The Hall–Kier alpha value is -1.10. The molecule has 1 fully saturated rings. The maximum absolute atomic E-state index is 11.4. The number of carbonyl (C=O) groups is 2. The summed E-state index contributed by atoms with van der Waals surface area (Å²) in [5.41, 5.74) is 0. The second-order valence-electron chi connectivity index (χ2n) is 4.41. The molecule has 0 atom stereocenters. The van der Waals surface area contributed by atoms with Crippen LogP contribution in [0.5, 0.6) is 0 Å². The van der Waals surface area contributed by atoms with Crippen molar-refractivity contribution in [2.24, 2.45) is 5.92 Å². The number of likely N-dealkylation sites (tertiary alicyclic amines) is 1. The third-order valence-corrected chi connectivity index (χ3v) is 3.29. The van der Waals surface area contributed by atoms with Gasteiger partial charge in [-0.2, -0.15) is 0 Å². The van der Waals surface area contributed by atoms with Gasteiger partial charge in [-0.1, -0.05) is 0 Å². The van der Waals surface area contributed by atoms with Crippen LogP contribution in [0.15, 0.2) is 0 Å². The van der Waals surface area contributed by atoms with Gasteiger partial charge in [0.05, 0.1) is 7.11 Å². The van der Waals surface area contributed by atoms with Crippen molar-refractivity contribution in [3.8, 4) is 0 Å². The molecule has 1 heterocycles. The highest BCUT2D eigenvalue weighted by atomic mass is 16.5. The number of nitrogens with one attached hydrogen (secondary N) is 1. The van der Waals surface area contributed by atoms with Crippen molar-refractivity contribution in [1.29, 1.82) is 0 Å². The normalized spacial score (nSPS) is 17.8. The zero-order valence-corrected chi connectivity index (χ0v) is 10.7. The lowest BCUT2D eigenvalue weighted by molar-refractivity contribution is -0.140. The first-order valence-corrected chi connectivity index (χ1v) is 6.18. The molecule has 1 N–H and O–H groups in total. The summed E-state index contributed by atoms with van der Waals surface area (Å²) in [7, 11) is 3.10. The zero-order valence-electron chi connectivity index (χ0n) is 10.7. The fraction of sp³-hybridized carbons (Fsp3) is 0.833. The molecule has 1 amide bonds. The lowest BCUT2D eigenvalue weighted by Crippen LogP contribution is -2.39. The number of piperidine rings is 1. The number of nitrogens with zero attached hydrogens (tertiary/aromatic N) is 1. The third-order valence-electron chi connectivity index (χ3n) is 3.29. The molecule has 17 heavy (non-hydrogen) atoms. The summed E-state index contributed by atoms with van der Waals surface area (Å²) in [6.45, 7) is 2.80. The Balaban J connectivity index is 2.15. The zero-order chi connectivity index (χ0) is 12.7. The number of hydrogen-bond acceptors (Lipinski definition) is 4. The first-order chi connectivity index (χ1) is 8.17. The highest BCUT2D eigenvalue weighted by molar-refractivity contribution is 5.78. The molecule has 0 spiro atoms. The molecule has 0 bridgehead atoms. The molecule has 5 nitrogen and oxygen atoms in total. The number of hydrogen-bond donors (Lipinski definition) is 1. The molecule has 98 valence electrons. The standard InChI is InChI=1S/C12H22N2O3/c1-13-12(16)10-5-8-14(9-6-10)7-3-4-11(15)17-2/h10H,3-9H2,1-2H3,(H,13,16). The average molecular weight is 242 g/mol. The summed E-state index contributed by atoms with van der Waals surface area (Å²) >= 11 is 0. The predicted octanol–water partition coefficient (Wildman–Crippen LogP) is 0.398. The van der Waals surface area contributed by atoms with Gasteiger partial charge in [0.25, 0.3) is 0 Å². The molecule has 0 aromatic rings. The predicted molar refractivity (Wildman–Crippen MR) is 64.5 cm³/mol. The van der Waals surface area contributed by atoms with E-state index in [4.69, 9.17) is 0 Å². The summed E-state index contributed by atoms with van der Waals surface area (Å²) in [5.74, 6) is 0.168. The summed E-state index contributed by atoms with van der Waals surface area (Å²) in [6, 6.07) is 0. The Morgan fingerprint density at radius 1 is 1.35 bits per heavy atom. The SMILES string of the molecule is CNC(=O)C1CCN(CCCC(=O)OC)CC1. The second kappa shape index (κ2) is 7.27. The minimum Gasteiger partial charge on any atom is -0.469 e. The van der Waals surface area contributed by atoms with E-state index in [0.29, 0.717) is 6.42 Å². The van der Waals surface area contributed by atoms with E-state index in [9.17, 15) is 9.59 Å². The smallest absolute Gasteiger partial charge is 0.305 e.